The summed E-state index contributed by atoms with van der Waals surface area (Å²) in [6.45, 7) is 7.72. The lowest BCUT2D eigenvalue weighted by Crippen LogP contribution is -2.22. The monoisotopic (exact) mass is 217 g/mol. The fourth-order valence-electron chi connectivity index (χ4n) is 1.67. The number of nitrogens with zero attached hydrogens (tertiary/aromatic N) is 1. The van der Waals surface area contributed by atoms with Gasteiger partial charge in [-0.2, -0.15) is 0 Å². The van der Waals surface area contributed by atoms with Crippen LogP contribution in [0.25, 0.3) is 5.57 Å². The molecule has 0 spiro atoms. The van der Waals surface area contributed by atoms with Gasteiger partial charge in [0.25, 0.3) is 0 Å². The van der Waals surface area contributed by atoms with Crippen LogP contribution >= 0.6 is 0 Å². The van der Waals surface area contributed by atoms with Gasteiger partial charge in [0.2, 0.25) is 0 Å². The summed E-state index contributed by atoms with van der Waals surface area (Å²) in [7, 11) is 0. The van der Waals surface area contributed by atoms with Crippen molar-refractivity contribution in [3.63, 3.8) is 0 Å². The lowest BCUT2D eigenvalue weighted by molar-refractivity contribution is 0.190. The Kier molecular flexibility index (Phi) is 4.02. The minimum atomic E-state index is -0.941. The molecule has 2 rings (SSSR count). The molecule has 1 unspecified atom stereocenters. The summed E-state index contributed by atoms with van der Waals surface area (Å²) in [4.78, 5) is 4.26. The Balaban J connectivity index is 0.000000606. The molecule has 0 fully saturated rings. The van der Waals surface area contributed by atoms with Gasteiger partial charge in [0, 0.05) is 11.8 Å². The molecule has 0 amide bonds. The topological polar surface area (TPSA) is 32.6 Å². The molecule has 1 heterocycles. The van der Waals surface area contributed by atoms with E-state index in [1.165, 1.54) is 0 Å². The van der Waals surface area contributed by atoms with Crippen LogP contribution in [0.2, 0.25) is 0 Å². The Morgan fingerprint density at radius 2 is 1.81 bits per heavy atom. The maximum absolute atomic E-state index is 9.87. The van der Waals surface area contributed by atoms with E-state index in [9.17, 15) is 5.11 Å². The van der Waals surface area contributed by atoms with Crippen LogP contribution in [0.1, 0.15) is 33.3 Å². The Morgan fingerprint density at radius 1 is 1.19 bits per heavy atom. The number of hydrogen-bond acceptors (Lipinski definition) is 2. The molecule has 0 radical (unpaired) electrons. The van der Waals surface area contributed by atoms with Crippen molar-refractivity contribution < 1.29 is 5.11 Å². The highest BCUT2D eigenvalue weighted by Crippen LogP contribution is 2.30. The number of aliphatic imine (C=N–C) groups is 1. The van der Waals surface area contributed by atoms with Crippen LogP contribution in [-0.4, -0.2) is 16.9 Å². The number of allylic oxidation sites excluding steroid dienone is 1. The van der Waals surface area contributed by atoms with Crippen molar-refractivity contribution in [1.82, 2.24) is 0 Å². The smallest absolute Gasteiger partial charge is 0.116 e. The number of para-hydroxylation sites is 1. The molecule has 86 valence electrons. The lowest BCUT2D eigenvalue weighted by Gasteiger charge is -2.11. The molecule has 1 atom stereocenters. The largest absolute Gasteiger partial charge is 0.380 e. The Morgan fingerprint density at radius 3 is 2.50 bits per heavy atom. The Labute approximate surface area is 97.4 Å². The number of aliphatic hydroxyl groups is 1. The number of benzene rings is 1. The van der Waals surface area contributed by atoms with Crippen LogP contribution < -0.4 is 0 Å². The van der Waals surface area contributed by atoms with E-state index in [0.29, 0.717) is 0 Å². The standard InChI is InChI=1S/C12H13NO.C2H6/c1-9-7-12(2,14)8-13-11-6-4-3-5-10(9)11;1-2/h3-8,14H,1-2H3;1-2H3. The predicted octanol–water partition coefficient (Wildman–Crippen LogP) is 3.58. The molecule has 1 aromatic rings. The molecule has 1 aromatic carbocycles. The van der Waals surface area contributed by atoms with Crippen LogP contribution in [0.3, 0.4) is 0 Å². The van der Waals surface area contributed by atoms with E-state index in [2.05, 4.69) is 4.99 Å². The van der Waals surface area contributed by atoms with Crippen LogP contribution in [-0.2, 0) is 0 Å². The van der Waals surface area contributed by atoms with Crippen molar-refractivity contribution in [3.05, 3.63) is 35.9 Å². The van der Waals surface area contributed by atoms with Crippen LogP contribution in [0.4, 0.5) is 5.69 Å². The molecular weight excluding hydrogens is 198 g/mol. The van der Waals surface area contributed by atoms with E-state index in [1.54, 1.807) is 13.1 Å². The van der Waals surface area contributed by atoms with Crippen molar-refractivity contribution in [2.24, 2.45) is 4.99 Å². The third kappa shape index (κ3) is 2.80. The SMILES string of the molecule is CC.CC1=CC(C)(O)C=Nc2ccccc21. The first-order valence-electron chi connectivity index (χ1n) is 5.65. The summed E-state index contributed by atoms with van der Waals surface area (Å²) in [5, 5.41) is 9.87. The van der Waals surface area contributed by atoms with Crippen molar-refractivity contribution in [1.29, 1.82) is 0 Å². The van der Waals surface area contributed by atoms with Crippen molar-refractivity contribution in [2.45, 2.75) is 33.3 Å². The maximum Gasteiger partial charge on any atom is 0.116 e. The van der Waals surface area contributed by atoms with Gasteiger partial charge in [-0.1, -0.05) is 32.0 Å². The zero-order chi connectivity index (χ0) is 12.2. The maximum atomic E-state index is 9.87. The number of rotatable bonds is 0. The van der Waals surface area contributed by atoms with Gasteiger partial charge in [0.15, 0.2) is 0 Å². The summed E-state index contributed by atoms with van der Waals surface area (Å²) in [5.41, 5.74) is 2.12. The summed E-state index contributed by atoms with van der Waals surface area (Å²) >= 11 is 0. The Hall–Kier alpha value is -1.41. The highest BCUT2D eigenvalue weighted by molar-refractivity contribution is 5.85. The molecule has 16 heavy (non-hydrogen) atoms. The number of hydrogen-bond donors (Lipinski definition) is 1. The zero-order valence-electron chi connectivity index (χ0n) is 10.4. The van der Waals surface area contributed by atoms with Crippen LogP contribution in [0.15, 0.2) is 35.3 Å². The molecule has 2 heteroatoms. The molecule has 0 aromatic heterocycles. The third-order valence-electron chi connectivity index (χ3n) is 2.30. The van der Waals surface area contributed by atoms with Gasteiger partial charge in [-0.25, -0.2) is 0 Å². The molecule has 2 nitrogen and oxygen atoms in total. The molecule has 1 aliphatic heterocycles. The average molecular weight is 217 g/mol. The highest BCUT2D eigenvalue weighted by Gasteiger charge is 2.18. The zero-order valence-corrected chi connectivity index (χ0v) is 10.4. The molecule has 0 saturated carbocycles. The predicted molar refractivity (Wildman–Crippen MR) is 70.2 cm³/mol. The molecule has 1 N–H and O–H groups in total. The summed E-state index contributed by atoms with van der Waals surface area (Å²) in [6, 6.07) is 7.89. The number of fused-ring (bicyclic) bond motifs is 1. The minimum Gasteiger partial charge on any atom is -0.380 e. The fraction of sp³-hybridized carbons (Fsp3) is 0.357. The second kappa shape index (κ2) is 5.08. The molecule has 0 bridgehead atoms. The normalized spacial score (nSPS) is 22.4. The van der Waals surface area contributed by atoms with Gasteiger partial charge in [-0.15, -0.1) is 0 Å². The van der Waals surface area contributed by atoms with Gasteiger partial charge in [-0.05, 0) is 31.6 Å². The summed E-state index contributed by atoms with van der Waals surface area (Å²) in [6.07, 6.45) is 3.39. The molecular formula is C14H19NO. The summed E-state index contributed by atoms with van der Waals surface area (Å²) < 4.78 is 0. The second-order valence-corrected chi connectivity index (χ2v) is 3.83. The van der Waals surface area contributed by atoms with Crippen molar-refractivity contribution in [3.8, 4) is 0 Å². The van der Waals surface area contributed by atoms with Gasteiger partial charge >= 0.3 is 0 Å². The second-order valence-electron chi connectivity index (χ2n) is 3.83. The van der Waals surface area contributed by atoms with E-state index < -0.39 is 5.60 Å². The first-order valence-corrected chi connectivity index (χ1v) is 5.65. The van der Waals surface area contributed by atoms with E-state index in [0.717, 1.165) is 16.8 Å². The third-order valence-corrected chi connectivity index (χ3v) is 2.30. The van der Waals surface area contributed by atoms with E-state index in [-0.39, 0.29) is 0 Å². The molecule has 0 saturated heterocycles. The van der Waals surface area contributed by atoms with Crippen LogP contribution in [0, 0.1) is 0 Å². The average Bonchev–Trinajstić information content (AvgIpc) is 2.39. The quantitative estimate of drug-likeness (QED) is 0.707. The molecule has 0 aliphatic carbocycles. The van der Waals surface area contributed by atoms with E-state index in [4.69, 9.17) is 0 Å². The molecule has 1 aliphatic rings. The highest BCUT2D eigenvalue weighted by atomic mass is 16.3. The van der Waals surface area contributed by atoms with Crippen molar-refractivity contribution in [2.75, 3.05) is 0 Å². The van der Waals surface area contributed by atoms with Gasteiger partial charge < -0.3 is 5.11 Å². The van der Waals surface area contributed by atoms with Gasteiger partial charge in [0.1, 0.15) is 5.60 Å². The first kappa shape index (κ1) is 12.7. The fourth-order valence-corrected chi connectivity index (χ4v) is 1.67. The van der Waals surface area contributed by atoms with E-state index >= 15 is 0 Å². The van der Waals surface area contributed by atoms with Crippen LogP contribution in [0.5, 0.6) is 0 Å². The first-order chi connectivity index (χ1) is 7.58. The van der Waals surface area contributed by atoms with Crippen molar-refractivity contribution >= 4 is 17.5 Å². The lowest BCUT2D eigenvalue weighted by atomic mass is 10.0. The Bertz CT molecular complexity index is 416. The summed E-state index contributed by atoms with van der Waals surface area (Å²) in [5.74, 6) is 0. The minimum absolute atomic E-state index is 0.916. The van der Waals surface area contributed by atoms with Gasteiger partial charge in [-0.3, -0.25) is 4.99 Å². The van der Waals surface area contributed by atoms with E-state index in [1.807, 2.05) is 51.1 Å². The van der Waals surface area contributed by atoms with Gasteiger partial charge in [0.05, 0.1) is 5.69 Å².